The van der Waals surface area contributed by atoms with E-state index in [9.17, 15) is 9.59 Å². The van der Waals surface area contributed by atoms with E-state index in [1.807, 2.05) is 34.6 Å². The third-order valence-corrected chi connectivity index (χ3v) is 2.82. The second-order valence-corrected chi connectivity index (χ2v) is 5.61. The van der Waals surface area contributed by atoms with Crippen molar-refractivity contribution >= 4 is 11.8 Å². The molecule has 0 aliphatic rings. The van der Waals surface area contributed by atoms with Crippen LogP contribution in [0.4, 0.5) is 0 Å². The SMILES string of the molecule is CC(C)[C@@H](N)C(=O)NCC(=O)N(C)C(C)(C)C. The van der Waals surface area contributed by atoms with E-state index in [2.05, 4.69) is 5.32 Å². The van der Waals surface area contributed by atoms with E-state index in [-0.39, 0.29) is 29.8 Å². The molecule has 0 radical (unpaired) electrons. The molecule has 17 heavy (non-hydrogen) atoms. The Labute approximate surface area is 104 Å². The van der Waals surface area contributed by atoms with E-state index in [4.69, 9.17) is 5.73 Å². The van der Waals surface area contributed by atoms with Gasteiger partial charge in [-0.3, -0.25) is 9.59 Å². The smallest absolute Gasteiger partial charge is 0.242 e. The Morgan fingerprint density at radius 2 is 1.76 bits per heavy atom. The Balaban J connectivity index is 4.22. The average molecular weight is 243 g/mol. The molecule has 3 N–H and O–H groups in total. The lowest BCUT2D eigenvalue weighted by molar-refractivity contribution is -0.135. The van der Waals surface area contributed by atoms with Gasteiger partial charge in [-0.25, -0.2) is 0 Å². The molecule has 0 aromatic heterocycles. The lowest BCUT2D eigenvalue weighted by Crippen LogP contribution is -2.50. The zero-order chi connectivity index (χ0) is 13.8. The number of nitrogens with zero attached hydrogens (tertiary/aromatic N) is 1. The second-order valence-electron chi connectivity index (χ2n) is 5.61. The van der Waals surface area contributed by atoms with Crippen LogP contribution >= 0.6 is 0 Å². The van der Waals surface area contributed by atoms with Crippen molar-refractivity contribution in [1.29, 1.82) is 0 Å². The molecule has 0 aliphatic carbocycles. The van der Waals surface area contributed by atoms with Gasteiger partial charge >= 0.3 is 0 Å². The van der Waals surface area contributed by atoms with Gasteiger partial charge in [0.25, 0.3) is 0 Å². The molecule has 0 rings (SSSR count). The molecule has 0 saturated heterocycles. The van der Waals surface area contributed by atoms with Gasteiger partial charge in [0.05, 0.1) is 12.6 Å². The normalized spacial score (nSPS) is 13.4. The third-order valence-electron chi connectivity index (χ3n) is 2.82. The quantitative estimate of drug-likeness (QED) is 0.748. The maximum atomic E-state index is 11.8. The summed E-state index contributed by atoms with van der Waals surface area (Å²) in [4.78, 5) is 24.9. The summed E-state index contributed by atoms with van der Waals surface area (Å²) in [6, 6.07) is -0.567. The third kappa shape index (κ3) is 5.17. The van der Waals surface area contributed by atoms with Gasteiger partial charge in [-0.2, -0.15) is 0 Å². The largest absolute Gasteiger partial charge is 0.346 e. The van der Waals surface area contributed by atoms with Crippen molar-refractivity contribution in [3.05, 3.63) is 0 Å². The number of hydrogen-bond acceptors (Lipinski definition) is 3. The number of likely N-dealkylation sites (N-methyl/N-ethyl adjacent to an activating group) is 1. The Kier molecular flexibility index (Phi) is 5.61. The molecule has 0 saturated carbocycles. The van der Waals surface area contributed by atoms with Crippen molar-refractivity contribution < 1.29 is 9.59 Å². The number of rotatable bonds is 4. The number of nitrogens with two attached hydrogens (primary N) is 1. The predicted molar refractivity (Wildman–Crippen MR) is 68.3 cm³/mol. The van der Waals surface area contributed by atoms with Gasteiger partial charge in [0.15, 0.2) is 0 Å². The number of nitrogens with one attached hydrogen (secondary N) is 1. The molecule has 0 aromatic rings. The Bertz CT molecular complexity index is 282. The van der Waals surface area contributed by atoms with Gasteiger partial charge in [-0.05, 0) is 26.7 Å². The van der Waals surface area contributed by atoms with Crippen LogP contribution in [0.3, 0.4) is 0 Å². The molecule has 0 heterocycles. The Hall–Kier alpha value is -1.10. The molecule has 0 aromatic carbocycles. The van der Waals surface area contributed by atoms with Crippen LogP contribution in [0.5, 0.6) is 0 Å². The summed E-state index contributed by atoms with van der Waals surface area (Å²) in [7, 11) is 1.72. The highest BCUT2D eigenvalue weighted by atomic mass is 16.2. The molecule has 2 amide bonds. The van der Waals surface area contributed by atoms with E-state index < -0.39 is 6.04 Å². The summed E-state index contributed by atoms with van der Waals surface area (Å²) in [6.07, 6.45) is 0. The molecule has 100 valence electrons. The number of amides is 2. The Morgan fingerprint density at radius 3 is 2.12 bits per heavy atom. The lowest BCUT2D eigenvalue weighted by atomic mass is 10.0. The first-order chi connectivity index (χ1) is 7.57. The van der Waals surface area contributed by atoms with Crippen molar-refractivity contribution in [2.45, 2.75) is 46.2 Å². The van der Waals surface area contributed by atoms with E-state index >= 15 is 0 Å². The minimum atomic E-state index is -0.567. The lowest BCUT2D eigenvalue weighted by Gasteiger charge is -2.32. The number of hydrogen-bond donors (Lipinski definition) is 2. The van der Waals surface area contributed by atoms with E-state index in [0.717, 1.165) is 0 Å². The standard InChI is InChI=1S/C12H25N3O2/c1-8(2)10(13)11(17)14-7-9(16)15(6)12(3,4)5/h8,10H,7,13H2,1-6H3,(H,14,17)/t10-/m1/s1. The van der Waals surface area contributed by atoms with Gasteiger partial charge in [0, 0.05) is 12.6 Å². The maximum absolute atomic E-state index is 11.8. The van der Waals surface area contributed by atoms with Gasteiger partial charge in [0.2, 0.25) is 11.8 Å². The first-order valence-corrected chi connectivity index (χ1v) is 5.87. The second kappa shape index (κ2) is 6.00. The summed E-state index contributed by atoms with van der Waals surface area (Å²) in [5.41, 5.74) is 5.42. The summed E-state index contributed by atoms with van der Waals surface area (Å²) in [5, 5.41) is 2.56. The molecule has 0 fully saturated rings. The van der Waals surface area contributed by atoms with Gasteiger partial charge in [0.1, 0.15) is 0 Å². The monoisotopic (exact) mass is 243 g/mol. The highest BCUT2D eigenvalue weighted by Gasteiger charge is 2.23. The molecule has 0 bridgehead atoms. The summed E-state index contributed by atoms with van der Waals surface area (Å²) < 4.78 is 0. The number of carbonyl (C=O) groups excluding carboxylic acids is 2. The van der Waals surface area contributed by atoms with Crippen molar-refractivity contribution in [3.8, 4) is 0 Å². The highest BCUT2D eigenvalue weighted by Crippen LogP contribution is 2.09. The fourth-order valence-corrected chi connectivity index (χ4v) is 1.08. The topological polar surface area (TPSA) is 75.4 Å². The van der Waals surface area contributed by atoms with Crippen LogP contribution < -0.4 is 11.1 Å². The van der Waals surface area contributed by atoms with Crippen molar-refractivity contribution in [1.82, 2.24) is 10.2 Å². The van der Waals surface area contributed by atoms with Crippen LogP contribution in [0.15, 0.2) is 0 Å². The van der Waals surface area contributed by atoms with Crippen LogP contribution in [0.2, 0.25) is 0 Å². The molecule has 1 atom stereocenters. The van der Waals surface area contributed by atoms with Crippen molar-refractivity contribution in [3.63, 3.8) is 0 Å². The average Bonchev–Trinajstić information content (AvgIpc) is 2.21. The van der Waals surface area contributed by atoms with E-state index in [0.29, 0.717) is 0 Å². The molecule has 0 spiro atoms. The predicted octanol–water partition coefficient (Wildman–Crippen LogP) is 0.343. The van der Waals surface area contributed by atoms with Gasteiger partial charge < -0.3 is 16.0 Å². The highest BCUT2D eigenvalue weighted by molar-refractivity contribution is 5.87. The zero-order valence-corrected chi connectivity index (χ0v) is 11.7. The van der Waals surface area contributed by atoms with Crippen LogP contribution in [0.25, 0.3) is 0 Å². The Morgan fingerprint density at radius 1 is 1.29 bits per heavy atom. The summed E-state index contributed by atoms with van der Waals surface area (Å²) >= 11 is 0. The maximum Gasteiger partial charge on any atom is 0.242 e. The molecular formula is C12H25N3O2. The van der Waals surface area contributed by atoms with Crippen LogP contribution in [-0.4, -0.2) is 41.9 Å². The van der Waals surface area contributed by atoms with Crippen molar-refractivity contribution in [2.24, 2.45) is 11.7 Å². The molecule has 0 aliphatic heterocycles. The molecule has 0 unspecified atom stereocenters. The van der Waals surface area contributed by atoms with Crippen LogP contribution in [0, 0.1) is 5.92 Å². The minimum Gasteiger partial charge on any atom is -0.346 e. The first kappa shape index (κ1) is 15.9. The van der Waals surface area contributed by atoms with Crippen molar-refractivity contribution in [2.75, 3.05) is 13.6 Å². The molecule has 5 nitrogen and oxygen atoms in total. The minimum absolute atomic E-state index is 0.00692. The van der Waals surface area contributed by atoms with E-state index in [1.165, 1.54) is 0 Å². The fraction of sp³-hybridized carbons (Fsp3) is 0.833. The number of carbonyl (C=O) groups is 2. The van der Waals surface area contributed by atoms with Gasteiger partial charge in [-0.15, -0.1) is 0 Å². The zero-order valence-electron chi connectivity index (χ0n) is 11.7. The first-order valence-electron chi connectivity index (χ1n) is 5.87. The van der Waals surface area contributed by atoms with Crippen LogP contribution in [0.1, 0.15) is 34.6 Å². The van der Waals surface area contributed by atoms with E-state index in [1.54, 1.807) is 11.9 Å². The fourth-order valence-electron chi connectivity index (χ4n) is 1.08. The van der Waals surface area contributed by atoms with Gasteiger partial charge in [-0.1, -0.05) is 13.8 Å². The van der Waals surface area contributed by atoms with Crippen LogP contribution in [-0.2, 0) is 9.59 Å². The summed E-state index contributed by atoms with van der Waals surface area (Å²) in [6.45, 7) is 9.54. The summed E-state index contributed by atoms with van der Waals surface area (Å²) in [5.74, 6) is -0.345. The molecule has 5 heteroatoms. The molecular weight excluding hydrogens is 218 g/mol.